The van der Waals surface area contributed by atoms with E-state index in [1.807, 2.05) is 13.8 Å². The van der Waals surface area contributed by atoms with Crippen LogP contribution >= 0.6 is 0 Å². The maximum atomic E-state index is 13.1. The first-order valence-electron chi connectivity index (χ1n) is 7.88. The Kier molecular flexibility index (Phi) is 5.74. The van der Waals surface area contributed by atoms with Crippen molar-refractivity contribution in [1.82, 2.24) is 4.98 Å². The van der Waals surface area contributed by atoms with Gasteiger partial charge in [-0.25, -0.2) is 17.8 Å². The van der Waals surface area contributed by atoms with Crippen LogP contribution in [-0.2, 0) is 9.84 Å². The number of rotatable bonds is 3. The van der Waals surface area contributed by atoms with Crippen molar-refractivity contribution in [1.29, 1.82) is 0 Å². The molecule has 0 saturated heterocycles. The molecule has 0 N–H and O–H groups in total. The van der Waals surface area contributed by atoms with Crippen LogP contribution < -0.4 is 0 Å². The van der Waals surface area contributed by atoms with Gasteiger partial charge in [-0.1, -0.05) is 13.8 Å². The van der Waals surface area contributed by atoms with Crippen LogP contribution in [0.25, 0.3) is 22.6 Å². The molecule has 3 aromatic rings. The Morgan fingerprint density at radius 2 is 1.44 bits per heavy atom. The Labute approximate surface area is 147 Å². The maximum absolute atomic E-state index is 13.1. The minimum Gasteiger partial charge on any atom is -0.440 e. The molecule has 6 heteroatoms. The predicted octanol–water partition coefficient (Wildman–Crippen LogP) is 4.89. The van der Waals surface area contributed by atoms with E-state index in [-0.39, 0.29) is 10.7 Å². The van der Waals surface area contributed by atoms with E-state index >= 15 is 0 Å². The van der Waals surface area contributed by atoms with Gasteiger partial charge in [-0.2, -0.15) is 0 Å². The van der Waals surface area contributed by atoms with Crippen LogP contribution in [0.5, 0.6) is 0 Å². The number of oxazole rings is 1. The van der Waals surface area contributed by atoms with Crippen LogP contribution in [0.15, 0.2) is 57.8 Å². The van der Waals surface area contributed by atoms with Crippen LogP contribution in [0.2, 0.25) is 0 Å². The number of halogens is 1. The predicted molar refractivity (Wildman–Crippen MR) is 96.5 cm³/mol. The number of aryl methyl sites for hydroxylation is 1. The minimum absolute atomic E-state index is 0.237. The third-order valence-corrected chi connectivity index (χ3v) is 4.52. The van der Waals surface area contributed by atoms with Gasteiger partial charge in [0.1, 0.15) is 11.5 Å². The fourth-order valence-corrected chi connectivity index (χ4v) is 2.91. The summed E-state index contributed by atoms with van der Waals surface area (Å²) in [6.07, 6.45) is 1.16. The number of sulfone groups is 1. The summed E-state index contributed by atoms with van der Waals surface area (Å²) < 4.78 is 41.8. The third kappa shape index (κ3) is 4.33. The van der Waals surface area contributed by atoms with Gasteiger partial charge in [0.25, 0.3) is 0 Å². The normalized spacial score (nSPS) is 10.9. The van der Waals surface area contributed by atoms with Crippen molar-refractivity contribution < 1.29 is 17.2 Å². The van der Waals surface area contributed by atoms with Gasteiger partial charge < -0.3 is 4.42 Å². The van der Waals surface area contributed by atoms with Crippen molar-refractivity contribution in [3.63, 3.8) is 0 Å². The molecule has 0 saturated carbocycles. The molecule has 0 fully saturated rings. The number of hydrogen-bond acceptors (Lipinski definition) is 4. The molecule has 0 spiro atoms. The molecule has 4 nitrogen and oxygen atoms in total. The lowest BCUT2D eigenvalue weighted by molar-refractivity contribution is 0.534. The highest BCUT2D eigenvalue weighted by atomic mass is 32.2. The molecular formula is C19H20FNO3S. The second kappa shape index (κ2) is 7.61. The van der Waals surface area contributed by atoms with Crippen LogP contribution in [0, 0.1) is 12.7 Å². The van der Waals surface area contributed by atoms with Gasteiger partial charge in [0, 0.05) is 24.3 Å². The monoisotopic (exact) mass is 361 g/mol. The fourth-order valence-electron chi connectivity index (χ4n) is 2.28. The summed E-state index contributed by atoms with van der Waals surface area (Å²) in [4.78, 5) is 4.59. The van der Waals surface area contributed by atoms with Crippen LogP contribution in [0.3, 0.4) is 0 Å². The van der Waals surface area contributed by atoms with Crippen molar-refractivity contribution in [3.8, 4) is 22.6 Å². The van der Waals surface area contributed by atoms with E-state index < -0.39 is 9.84 Å². The zero-order valence-corrected chi connectivity index (χ0v) is 15.4. The molecule has 1 aromatic heterocycles. The van der Waals surface area contributed by atoms with Gasteiger partial charge in [-0.05, 0) is 48.5 Å². The number of nitrogens with zero attached hydrogens (tertiary/aromatic N) is 1. The summed E-state index contributed by atoms with van der Waals surface area (Å²) in [5, 5.41) is 0. The highest BCUT2D eigenvalue weighted by Gasteiger charge is 2.16. The van der Waals surface area contributed by atoms with E-state index in [2.05, 4.69) is 4.98 Å². The highest BCUT2D eigenvalue weighted by molar-refractivity contribution is 7.90. The summed E-state index contributed by atoms with van der Waals surface area (Å²) in [5.41, 5.74) is 2.03. The quantitative estimate of drug-likeness (QED) is 0.667. The van der Waals surface area contributed by atoms with Gasteiger partial charge >= 0.3 is 0 Å². The second-order valence-electron chi connectivity index (χ2n) is 5.21. The molecule has 0 aliphatic rings. The van der Waals surface area contributed by atoms with Crippen molar-refractivity contribution in [3.05, 3.63) is 60.2 Å². The Morgan fingerprint density at radius 3 is 1.96 bits per heavy atom. The lowest BCUT2D eigenvalue weighted by atomic mass is 10.1. The molecule has 1 heterocycles. The Bertz CT molecular complexity index is 943. The summed E-state index contributed by atoms with van der Waals surface area (Å²) >= 11 is 0. The fraction of sp³-hybridized carbons (Fsp3) is 0.211. The number of aromatic nitrogens is 1. The molecule has 2 aromatic carbocycles. The van der Waals surface area contributed by atoms with Crippen LogP contribution in [0.4, 0.5) is 4.39 Å². The van der Waals surface area contributed by atoms with Crippen molar-refractivity contribution >= 4 is 9.84 Å². The Hall–Kier alpha value is -2.47. The van der Waals surface area contributed by atoms with Gasteiger partial charge in [0.15, 0.2) is 21.5 Å². The van der Waals surface area contributed by atoms with E-state index in [0.717, 1.165) is 11.8 Å². The molecule has 0 aliphatic heterocycles. The maximum Gasteiger partial charge on any atom is 0.192 e. The average Bonchev–Trinajstić information content (AvgIpc) is 2.98. The van der Waals surface area contributed by atoms with E-state index in [1.165, 1.54) is 24.3 Å². The lowest BCUT2D eigenvalue weighted by Crippen LogP contribution is -1.96. The van der Waals surface area contributed by atoms with E-state index in [9.17, 15) is 12.8 Å². The molecule has 3 rings (SSSR count). The minimum atomic E-state index is -3.25. The zero-order chi connectivity index (χ0) is 18.6. The molecule has 0 amide bonds. The van der Waals surface area contributed by atoms with Crippen molar-refractivity contribution in [2.24, 2.45) is 0 Å². The van der Waals surface area contributed by atoms with E-state index in [0.29, 0.717) is 22.9 Å². The van der Waals surface area contributed by atoms with Gasteiger partial charge in [0.05, 0.1) is 4.90 Å². The zero-order valence-electron chi connectivity index (χ0n) is 14.6. The summed E-state index contributed by atoms with van der Waals surface area (Å²) in [6.45, 7) is 5.72. The molecular weight excluding hydrogens is 341 g/mol. The molecule has 25 heavy (non-hydrogen) atoms. The van der Waals surface area contributed by atoms with Crippen molar-refractivity contribution in [2.75, 3.05) is 6.26 Å². The second-order valence-corrected chi connectivity index (χ2v) is 7.23. The first-order chi connectivity index (χ1) is 11.8. The largest absolute Gasteiger partial charge is 0.440 e. The number of hydrogen-bond donors (Lipinski definition) is 0. The standard InChI is InChI=1S/C17H14FNO3S.C2H6/c1-11-19-16(12-3-7-14(18)8-4-12)17(22-11)13-5-9-15(10-6-13)23(2,20)21;1-2/h3-10H,1-2H3;1-2H3. The first kappa shape index (κ1) is 18.9. The molecule has 0 aliphatic carbocycles. The molecule has 0 unspecified atom stereocenters. The van der Waals surface area contributed by atoms with E-state index in [4.69, 9.17) is 4.42 Å². The molecule has 132 valence electrons. The third-order valence-electron chi connectivity index (χ3n) is 3.40. The highest BCUT2D eigenvalue weighted by Crippen LogP contribution is 2.33. The Balaban J connectivity index is 0.00000109. The van der Waals surface area contributed by atoms with Gasteiger partial charge in [0.2, 0.25) is 0 Å². The smallest absolute Gasteiger partial charge is 0.192 e. The number of benzene rings is 2. The van der Waals surface area contributed by atoms with Gasteiger partial charge in [-0.3, -0.25) is 0 Å². The summed E-state index contributed by atoms with van der Waals surface area (Å²) in [5.74, 6) is 0.675. The van der Waals surface area contributed by atoms with Gasteiger partial charge in [-0.15, -0.1) is 0 Å². The average molecular weight is 361 g/mol. The molecule has 0 atom stereocenters. The SMILES string of the molecule is CC.Cc1nc(-c2ccc(F)cc2)c(-c2ccc(S(C)(=O)=O)cc2)o1. The topological polar surface area (TPSA) is 60.2 Å². The first-order valence-corrected chi connectivity index (χ1v) is 9.77. The Morgan fingerprint density at radius 1 is 0.920 bits per heavy atom. The summed E-state index contributed by atoms with van der Waals surface area (Å²) in [7, 11) is -3.25. The lowest BCUT2D eigenvalue weighted by Gasteiger charge is -2.03. The molecule has 0 radical (unpaired) electrons. The van der Waals surface area contributed by atoms with E-state index in [1.54, 1.807) is 31.2 Å². The van der Waals surface area contributed by atoms with Crippen LogP contribution in [0.1, 0.15) is 19.7 Å². The summed E-state index contributed by atoms with van der Waals surface area (Å²) in [6, 6.07) is 12.4. The van der Waals surface area contributed by atoms with Crippen molar-refractivity contribution in [2.45, 2.75) is 25.7 Å². The molecule has 0 bridgehead atoms. The van der Waals surface area contributed by atoms with Crippen LogP contribution in [-0.4, -0.2) is 19.7 Å².